The molecule has 3 rings (SSSR count). The Kier molecular flexibility index (Phi) is 4.03. The molecule has 0 bridgehead atoms. The minimum atomic E-state index is -0.455. The van der Waals surface area contributed by atoms with Crippen molar-refractivity contribution < 1.29 is 19.1 Å². The van der Waals surface area contributed by atoms with Crippen molar-refractivity contribution in [3.8, 4) is 0 Å². The molecule has 0 aromatic heterocycles. The fourth-order valence-corrected chi connectivity index (χ4v) is 3.28. The standard InChI is InChI=1S/C18H19NO4/c1-3-23-18(22)12-5-4-6-13(10-12)19-16(20)14-8-7-11(2)9-15(14)17(19)21/h4-7,10,14-15H,3,8-9H2,1-2H3. The molecule has 0 N–H and O–H groups in total. The lowest BCUT2D eigenvalue weighted by Gasteiger charge is -2.18. The number of esters is 1. The fraction of sp³-hybridized carbons (Fsp3) is 0.389. The topological polar surface area (TPSA) is 63.7 Å². The van der Waals surface area contributed by atoms with Gasteiger partial charge in [0, 0.05) is 0 Å². The van der Waals surface area contributed by atoms with Crippen LogP contribution in [0.3, 0.4) is 0 Å². The van der Waals surface area contributed by atoms with E-state index < -0.39 is 5.97 Å². The van der Waals surface area contributed by atoms with Gasteiger partial charge in [0.15, 0.2) is 0 Å². The van der Waals surface area contributed by atoms with Crippen LogP contribution in [-0.4, -0.2) is 24.4 Å². The van der Waals surface area contributed by atoms with E-state index in [1.54, 1.807) is 31.2 Å². The van der Waals surface area contributed by atoms with E-state index in [-0.39, 0.29) is 30.3 Å². The molecule has 1 aromatic carbocycles. The van der Waals surface area contributed by atoms with Crippen LogP contribution in [0.2, 0.25) is 0 Å². The van der Waals surface area contributed by atoms with Crippen molar-refractivity contribution in [1.82, 2.24) is 0 Å². The third kappa shape index (κ3) is 2.67. The van der Waals surface area contributed by atoms with Crippen molar-refractivity contribution in [1.29, 1.82) is 0 Å². The van der Waals surface area contributed by atoms with Crippen molar-refractivity contribution in [2.24, 2.45) is 11.8 Å². The molecule has 1 saturated heterocycles. The Hall–Kier alpha value is -2.43. The lowest BCUT2D eigenvalue weighted by molar-refractivity contribution is -0.122. The molecular formula is C18H19NO4. The third-order valence-corrected chi connectivity index (χ3v) is 4.44. The van der Waals surface area contributed by atoms with Crippen LogP contribution in [-0.2, 0) is 14.3 Å². The average molecular weight is 313 g/mol. The zero-order valence-electron chi connectivity index (χ0n) is 13.2. The first-order chi connectivity index (χ1) is 11.0. The van der Waals surface area contributed by atoms with Crippen LogP contribution in [0.25, 0.3) is 0 Å². The van der Waals surface area contributed by atoms with Crippen molar-refractivity contribution >= 4 is 23.5 Å². The maximum absolute atomic E-state index is 12.7. The third-order valence-electron chi connectivity index (χ3n) is 4.44. The number of nitrogens with zero attached hydrogens (tertiary/aromatic N) is 1. The number of allylic oxidation sites excluding steroid dienone is 2. The summed E-state index contributed by atoms with van der Waals surface area (Å²) in [6.45, 7) is 3.99. The number of fused-ring (bicyclic) bond motifs is 1. The van der Waals surface area contributed by atoms with Gasteiger partial charge in [-0.25, -0.2) is 4.79 Å². The molecule has 120 valence electrons. The van der Waals surface area contributed by atoms with Crippen molar-refractivity contribution in [2.75, 3.05) is 11.5 Å². The minimum absolute atomic E-state index is 0.173. The zero-order valence-corrected chi connectivity index (χ0v) is 13.2. The van der Waals surface area contributed by atoms with Crippen LogP contribution in [0.15, 0.2) is 35.9 Å². The highest BCUT2D eigenvalue weighted by Crippen LogP contribution is 2.39. The number of amides is 2. The molecule has 1 heterocycles. The van der Waals surface area contributed by atoms with Gasteiger partial charge in [0.1, 0.15) is 0 Å². The zero-order chi connectivity index (χ0) is 16.6. The molecule has 0 saturated carbocycles. The number of hydrogen-bond donors (Lipinski definition) is 0. The first-order valence-electron chi connectivity index (χ1n) is 7.83. The van der Waals surface area contributed by atoms with Gasteiger partial charge in [-0.15, -0.1) is 0 Å². The quantitative estimate of drug-likeness (QED) is 0.489. The minimum Gasteiger partial charge on any atom is -0.462 e. The van der Waals surface area contributed by atoms with E-state index >= 15 is 0 Å². The summed E-state index contributed by atoms with van der Waals surface area (Å²) in [5.41, 5.74) is 1.93. The molecule has 23 heavy (non-hydrogen) atoms. The van der Waals surface area contributed by atoms with Crippen LogP contribution in [0.4, 0.5) is 5.69 Å². The number of carbonyl (C=O) groups is 3. The summed E-state index contributed by atoms with van der Waals surface area (Å²) >= 11 is 0. The molecular weight excluding hydrogens is 294 g/mol. The van der Waals surface area contributed by atoms with Crippen LogP contribution >= 0.6 is 0 Å². The van der Waals surface area contributed by atoms with Crippen LogP contribution in [0, 0.1) is 11.8 Å². The summed E-state index contributed by atoms with van der Waals surface area (Å²) in [5.74, 6) is -1.36. The highest BCUT2D eigenvalue weighted by atomic mass is 16.5. The second-order valence-electron chi connectivity index (χ2n) is 5.99. The molecule has 0 spiro atoms. The highest BCUT2D eigenvalue weighted by molar-refractivity contribution is 6.22. The second kappa shape index (κ2) is 5.99. The maximum Gasteiger partial charge on any atom is 0.338 e. The summed E-state index contributed by atoms with van der Waals surface area (Å²) < 4.78 is 4.97. The molecule has 5 nitrogen and oxygen atoms in total. The normalized spacial score (nSPS) is 23.6. The lowest BCUT2D eigenvalue weighted by Crippen LogP contribution is -2.31. The largest absolute Gasteiger partial charge is 0.462 e. The summed E-state index contributed by atoms with van der Waals surface area (Å²) in [5, 5.41) is 0. The summed E-state index contributed by atoms with van der Waals surface area (Å²) in [7, 11) is 0. The van der Waals surface area contributed by atoms with Gasteiger partial charge in [0.05, 0.1) is 29.7 Å². The smallest absolute Gasteiger partial charge is 0.338 e. The van der Waals surface area contributed by atoms with Gasteiger partial charge in [-0.05, 0) is 44.9 Å². The highest BCUT2D eigenvalue weighted by Gasteiger charge is 2.48. The van der Waals surface area contributed by atoms with E-state index in [9.17, 15) is 14.4 Å². The van der Waals surface area contributed by atoms with Crippen LogP contribution in [0.5, 0.6) is 0 Å². The Morgan fingerprint density at radius 1 is 1.26 bits per heavy atom. The Bertz CT molecular complexity index is 707. The summed E-state index contributed by atoms with van der Waals surface area (Å²) in [6, 6.07) is 6.50. The average Bonchev–Trinajstić information content (AvgIpc) is 2.78. The Balaban J connectivity index is 1.91. The van der Waals surface area contributed by atoms with E-state index in [2.05, 4.69) is 0 Å². The Labute approximate surface area is 134 Å². The Morgan fingerprint density at radius 3 is 2.74 bits per heavy atom. The van der Waals surface area contributed by atoms with Gasteiger partial charge in [0.2, 0.25) is 11.8 Å². The summed E-state index contributed by atoms with van der Waals surface area (Å²) in [6.07, 6.45) is 3.27. The number of ether oxygens (including phenoxy) is 1. The number of anilines is 1. The monoisotopic (exact) mass is 313 g/mol. The van der Waals surface area contributed by atoms with Crippen molar-refractivity contribution in [3.05, 3.63) is 41.5 Å². The number of imide groups is 1. The van der Waals surface area contributed by atoms with E-state index in [0.717, 1.165) is 5.57 Å². The predicted octanol–water partition coefficient (Wildman–Crippen LogP) is 2.71. The predicted molar refractivity (Wildman–Crippen MR) is 84.9 cm³/mol. The van der Waals surface area contributed by atoms with Crippen LogP contribution < -0.4 is 4.90 Å². The number of hydrogen-bond acceptors (Lipinski definition) is 4. The Morgan fingerprint density at radius 2 is 2.00 bits per heavy atom. The van der Waals surface area contributed by atoms with Gasteiger partial charge in [-0.3, -0.25) is 14.5 Å². The number of rotatable bonds is 3. The van der Waals surface area contributed by atoms with Gasteiger partial charge in [0.25, 0.3) is 0 Å². The molecule has 2 aliphatic rings. The lowest BCUT2D eigenvalue weighted by atomic mass is 9.82. The molecule has 1 aliphatic heterocycles. The van der Waals surface area contributed by atoms with E-state index in [4.69, 9.17) is 4.74 Å². The first kappa shape index (κ1) is 15.5. The van der Waals surface area contributed by atoms with Crippen molar-refractivity contribution in [3.63, 3.8) is 0 Å². The fourth-order valence-electron chi connectivity index (χ4n) is 3.28. The molecule has 2 atom stereocenters. The van der Waals surface area contributed by atoms with Crippen molar-refractivity contribution in [2.45, 2.75) is 26.7 Å². The van der Waals surface area contributed by atoms with E-state index in [1.807, 2.05) is 13.0 Å². The second-order valence-corrected chi connectivity index (χ2v) is 5.99. The molecule has 2 amide bonds. The number of carbonyl (C=O) groups excluding carboxylic acids is 3. The number of benzene rings is 1. The molecule has 5 heteroatoms. The molecule has 1 fully saturated rings. The summed E-state index contributed by atoms with van der Waals surface area (Å²) in [4.78, 5) is 38.4. The molecule has 1 aliphatic carbocycles. The SMILES string of the molecule is CCOC(=O)c1cccc(N2C(=O)C3CC=C(C)CC3C2=O)c1. The van der Waals surface area contributed by atoms with Gasteiger partial charge in [-0.2, -0.15) is 0 Å². The molecule has 1 aromatic rings. The van der Waals surface area contributed by atoms with Gasteiger partial charge < -0.3 is 4.74 Å². The van der Waals surface area contributed by atoms with Crippen LogP contribution in [0.1, 0.15) is 37.0 Å². The first-order valence-corrected chi connectivity index (χ1v) is 7.83. The van der Waals surface area contributed by atoms with E-state index in [1.165, 1.54) is 4.90 Å². The molecule has 2 unspecified atom stereocenters. The maximum atomic E-state index is 12.7. The van der Waals surface area contributed by atoms with Gasteiger partial charge >= 0.3 is 5.97 Å². The van der Waals surface area contributed by atoms with E-state index in [0.29, 0.717) is 24.1 Å². The molecule has 0 radical (unpaired) electrons. The van der Waals surface area contributed by atoms with Gasteiger partial charge in [-0.1, -0.05) is 17.7 Å².